The lowest BCUT2D eigenvalue weighted by Gasteiger charge is -2.13. The van der Waals surface area contributed by atoms with Gasteiger partial charge in [0.25, 0.3) is 0 Å². The van der Waals surface area contributed by atoms with Gasteiger partial charge in [-0.1, -0.05) is 0 Å². The minimum atomic E-state index is -0.538. The molecule has 1 atom stereocenters. The number of aliphatic hydroxyl groups excluding tert-OH is 1. The lowest BCUT2D eigenvalue weighted by Crippen LogP contribution is -2.25. The third-order valence-corrected chi connectivity index (χ3v) is 2.52. The molecule has 0 fully saturated rings. The molecule has 0 bridgehead atoms. The second kappa shape index (κ2) is 9.61. The SMILES string of the molecule is CCOCCOCC(O)CNc1ccc(OC)cc1. The van der Waals surface area contributed by atoms with E-state index in [0.29, 0.717) is 33.0 Å². The monoisotopic (exact) mass is 269 g/mol. The number of aliphatic hydroxyl groups is 1. The molecule has 0 heterocycles. The largest absolute Gasteiger partial charge is 0.497 e. The highest BCUT2D eigenvalue weighted by molar-refractivity contribution is 5.46. The van der Waals surface area contributed by atoms with Crippen LogP contribution >= 0.6 is 0 Å². The number of hydrogen-bond acceptors (Lipinski definition) is 5. The highest BCUT2D eigenvalue weighted by Gasteiger charge is 2.04. The predicted molar refractivity (Wildman–Crippen MR) is 74.8 cm³/mol. The van der Waals surface area contributed by atoms with Crippen molar-refractivity contribution in [2.75, 3.05) is 45.4 Å². The van der Waals surface area contributed by atoms with Crippen LogP contribution < -0.4 is 10.1 Å². The van der Waals surface area contributed by atoms with E-state index < -0.39 is 6.10 Å². The maximum atomic E-state index is 9.71. The van der Waals surface area contributed by atoms with Gasteiger partial charge in [-0.15, -0.1) is 0 Å². The van der Waals surface area contributed by atoms with Gasteiger partial charge in [0.1, 0.15) is 5.75 Å². The predicted octanol–water partition coefficient (Wildman–Crippen LogP) is 1.52. The Morgan fingerprint density at radius 3 is 2.47 bits per heavy atom. The van der Waals surface area contributed by atoms with Gasteiger partial charge in [0.05, 0.1) is 33.0 Å². The summed E-state index contributed by atoms with van der Waals surface area (Å²) in [5.41, 5.74) is 0.939. The van der Waals surface area contributed by atoms with E-state index in [2.05, 4.69) is 5.32 Å². The molecule has 0 amide bonds. The Labute approximate surface area is 114 Å². The fraction of sp³-hybridized carbons (Fsp3) is 0.571. The molecule has 0 aromatic heterocycles. The van der Waals surface area contributed by atoms with Crippen LogP contribution in [0.1, 0.15) is 6.92 Å². The summed E-state index contributed by atoms with van der Waals surface area (Å²) >= 11 is 0. The molecule has 1 aromatic carbocycles. The normalized spacial score (nSPS) is 12.2. The maximum Gasteiger partial charge on any atom is 0.119 e. The number of methoxy groups -OCH3 is 1. The van der Waals surface area contributed by atoms with E-state index in [1.807, 2.05) is 31.2 Å². The molecule has 0 aliphatic carbocycles. The molecule has 5 nitrogen and oxygen atoms in total. The van der Waals surface area contributed by atoms with Crippen molar-refractivity contribution in [2.45, 2.75) is 13.0 Å². The average Bonchev–Trinajstić information content (AvgIpc) is 2.45. The molecule has 0 saturated carbocycles. The first-order chi connectivity index (χ1) is 9.26. The molecule has 0 saturated heterocycles. The second-order valence-corrected chi connectivity index (χ2v) is 4.04. The molecule has 0 aliphatic heterocycles. The standard InChI is InChI=1S/C14H23NO4/c1-3-18-8-9-19-11-13(16)10-15-12-4-6-14(17-2)7-5-12/h4-7,13,15-16H,3,8-11H2,1-2H3. The first-order valence-electron chi connectivity index (χ1n) is 6.47. The third kappa shape index (κ3) is 7.00. The number of anilines is 1. The van der Waals surface area contributed by atoms with Gasteiger partial charge in [-0.2, -0.15) is 0 Å². The van der Waals surface area contributed by atoms with Crippen LogP contribution in [-0.2, 0) is 9.47 Å². The second-order valence-electron chi connectivity index (χ2n) is 4.04. The summed E-state index contributed by atoms with van der Waals surface area (Å²) in [4.78, 5) is 0. The highest BCUT2D eigenvalue weighted by atomic mass is 16.5. The summed E-state index contributed by atoms with van der Waals surface area (Å²) in [6.45, 7) is 4.44. The maximum absolute atomic E-state index is 9.71. The van der Waals surface area contributed by atoms with Crippen LogP contribution in [0.25, 0.3) is 0 Å². The van der Waals surface area contributed by atoms with Gasteiger partial charge in [-0.3, -0.25) is 0 Å². The minimum absolute atomic E-state index is 0.302. The van der Waals surface area contributed by atoms with Crippen molar-refractivity contribution in [1.29, 1.82) is 0 Å². The van der Waals surface area contributed by atoms with E-state index >= 15 is 0 Å². The van der Waals surface area contributed by atoms with Gasteiger partial charge in [0, 0.05) is 18.8 Å². The first-order valence-corrected chi connectivity index (χ1v) is 6.47. The zero-order chi connectivity index (χ0) is 13.9. The molecule has 108 valence electrons. The lowest BCUT2D eigenvalue weighted by atomic mass is 10.3. The van der Waals surface area contributed by atoms with Gasteiger partial charge in [-0.05, 0) is 31.2 Å². The van der Waals surface area contributed by atoms with Crippen molar-refractivity contribution in [3.05, 3.63) is 24.3 Å². The van der Waals surface area contributed by atoms with Crippen LogP contribution in [0.2, 0.25) is 0 Å². The Bertz CT molecular complexity index is 329. The van der Waals surface area contributed by atoms with E-state index in [4.69, 9.17) is 14.2 Å². The zero-order valence-corrected chi connectivity index (χ0v) is 11.6. The zero-order valence-electron chi connectivity index (χ0n) is 11.6. The van der Waals surface area contributed by atoms with Crippen molar-refractivity contribution < 1.29 is 19.3 Å². The van der Waals surface area contributed by atoms with Crippen LogP contribution in [0, 0.1) is 0 Å². The molecule has 5 heteroatoms. The van der Waals surface area contributed by atoms with Gasteiger partial charge in [0.2, 0.25) is 0 Å². The summed E-state index contributed by atoms with van der Waals surface area (Å²) in [7, 11) is 1.63. The van der Waals surface area contributed by atoms with Crippen molar-refractivity contribution in [1.82, 2.24) is 0 Å². The molecule has 0 radical (unpaired) electrons. The van der Waals surface area contributed by atoms with E-state index in [1.54, 1.807) is 7.11 Å². The fourth-order valence-corrected chi connectivity index (χ4v) is 1.49. The quantitative estimate of drug-likeness (QED) is 0.631. The van der Waals surface area contributed by atoms with Crippen LogP contribution in [0.15, 0.2) is 24.3 Å². The number of nitrogens with one attached hydrogen (secondary N) is 1. The Morgan fingerprint density at radius 1 is 1.16 bits per heavy atom. The van der Waals surface area contributed by atoms with Crippen LogP contribution in [0.5, 0.6) is 5.75 Å². The van der Waals surface area contributed by atoms with Crippen LogP contribution in [0.4, 0.5) is 5.69 Å². The molecule has 1 unspecified atom stereocenters. The molecule has 0 aliphatic rings. The van der Waals surface area contributed by atoms with Gasteiger partial charge >= 0.3 is 0 Å². The molecule has 0 spiro atoms. The Kier molecular flexibility index (Phi) is 7.97. The molecular weight excluding hydrogens is 246 g/mol. The Balaban J connectivity index is 2.13. The van der Waals surface area contributed by atoms with Gasteiger partial charge in [0.15, 0.2) is 0 Å². The Hall–Kier alpha value is -1.30. The van der Waals surface area contributed by atoms with E-state index in [9.17, 15) is 5.11 Å². The van der Waals surface area contributed by atoms with Crippen molar-refractivity contribution in [2.24, 2.45) is 0 Å². The Morgan fingerprint density at radius 2 is 1.84 bits per heavy atom. The van der Waals surface area contributed by atoms with Crippen LogP contribution in [-0.4, -0.2) is 51.3 Å². The van der Waals surface area contributed by atoms with E-state index in [0.717, 1.165) is 11.4 Å². The third-order valence-electron chi connectivity index (χ3n) is 2.52. The van der Waals surface area contributed by atoms with Crippen molar-refractivity contribution in [3.63, 3.8) is 0 Å². The van der Waals surface area contributed by atoms with Gasteiger partial charge in [-0.25, -0.2) is 0 Å². The lowest BCUT2D eigenvalue weighted by molar-refractivity contribution is 0.0103. The first kappa shape index (κ1) is 15.8. The number of ether oxygens (including phenoxy) is 3. The van der Waals surface area contributed by atoms with Crippen molar-refractivity contribution in [3.8, 4) is 5.75 Å². The van der Waals surface area contributed by atoms with Gasteiger partial charge < -0.3 is 24.6 Å². The number of benzene rings is 1. The topological polar surface area (TPSA) is 60.0 Å². The number of rotatable bonds is 10. The minimum Gasteiger partial charge on any atom is -0.497 e. The summed E-state index contributed by atoms with van der Waals surface area (Å²) in [6.07, 6.45) is -0.538. The fourth-order valence-electron chi connectivity index (χ4n) is 1.49. The molecule has 19 heavy (non-hydrogen) atoms. The molecule has 1 rings (SSSR count). The van der Waals surface area contributed by atoms with Crippen molar-refractivity contribution >= 4 is 5.69 Å². The molecule has 2 N–H and O–H groups in total. The summed E-state index contributed by atoms with van der Waals surface area (Å²) in [6, 6.07) is 7.55. The van der Waals surface area contributed by atoms with E-state index in [-0.39, 0.29) is 0 Å². The average molecular weight is 269 g/mol. The summed E-state index contributed by atoms with van der Waals surface area (Å²) in [5.74, 6) is 0.811. The van der Waals surface area contributed by atoms with Crippen LogP contribution in [0.3, 0.4) is 0 Å². The van der Waals surface area contributed by atoms with E-state index in [1.165, 1.54) is 0 Å². The number of hydrogen-bond donors (Lipinski definition) is 2. The molecular formula is C14H23NO4. The smallest absolute Gasteiger partial charge is 0.119 e. The summed E-state index contributed by atoms with van der Waals surface area (Å²) < 4.78 is 15.5. The molecule has 1 aromatic rings. The summed E-state index contributed by atoms with van der Waals surface area (Å²) in [5, 5.41) is 12.8. The highest BCUT2D eigenvalue weighted by Crippen LogP contribution is 2.14.